The standard InChI is InChI=1S/C11H18N2O2/c1-10(2,3)13-8(7-12)11(4,5)9(14)15-6/h1-6H3. The summed E-state index contributed by atoms with van der Waals surface area (Å²) in [5.74, 6) is -0.452. The van der Waals surface area contributed by atoms with Gasteiger partial charge < -0.3 is 4.74 Å². The van der Waals surface area contributed by atoms with Crippen molar-refractivity contribution in [2.24, 2.45) is 10.4 Å². The molecular weight excluding hydrogens is 192 g/mol. The normalized spacial score (nSPS) is 13.3. The van der Waals surface area contributed by atoms with E-state index in [9.17, 15) is 4.79 Å². The van der Waals surface area contributed by atoms with Gasteiger partial charge >= 0.3 is 5.97 Å². The molecule has 0 atom stereocenters. The summed E-state index contributed by atoms with van der Waals surface area (Å²) >= 11 is 0. The molecule has 0 saturated carbocycles. The molecule has 4 nitrogen and oxygen atoms in total. The van der Waals surface area contributed by atoms with Gasteiger partial charge in [-0.25, -0.2) is 0 Å². The third-order valence-corrected chi connectivity index (χ3v) is 1.84. The van der Waals surface area contributed by atoms with Gasteiger partial charge in [0.25, 0.3) is 0 Å². The Morgan fingerprint density at radius 3 is 2.00 bits per heavy atom. The van der Waals surface area contributed by atoms with Crippen LogP contribution in [-0.2, 0) is 9.53 Å². The molecule has 0 aromatic heterocycles. The first-order chi connectivity index (χ1) is 6.65. The van der Waals surface area contributed by atoms with Gasteiger partial charge in [0.05, 0.1) is 12.6 Å². The molecule has 0 bridgehead atoms. The van der Waals surface area contributed by atoms with Crippen molar-refractivity contribution >= 4 is 11.7 Å². The van der Waals surface area contributed by atoms with Crippen LogP contribution in [0.4, 0.5) is 0 Å². The van der Waals surface area contributed by atoms with Crippen LogP contribution in [-0.4, -0.2) is 24.3 Å². The van der Waals surface area contributed by atoms with E-state index in [-0.39, 0.29) is 11.3 Å². The monoisotopic (exact) mass is 210 g/mol. The molecule has 0 saturated heterocycles. The molecule has 15 heavy (non-hydrogen) atoms. The van der Waals surface area contributed by atoms with Crippen molar-refractivity contribution in [2.75, 3.05) is 7.11 Å². The topological polar surface area (TPSA) is 62.5 Å². The minimum Gasteiger partial charge on any atom is -0.468 e. The first-order valence-electron chi connectivity index (χ1n) is 4.74. The Kier molecular flexibility index (Phi) is 4.03. The number of carbonyl (C=O) groups excluding carboxylic acids is 1. The fourth-order valence-corrected chi connectivity index (χ4v) is 0.992. The van der Waals surface area contributed by atoms with Crippen LogP contribution in [0.2, 0.25) is 0 Å². The van der Waals surface area contributed by atoms with E-state index < -0.39 is 11.4 Å². The fourth-order valence-electron chi connectivity index (χ4n) is 0.992. The Morgan fingerprint density at radius 1 is 1.27 bits per heavy atom. The van der Waals surface area contributed by atoms with Crippen LogP contribution in [0.3, 0.4) is 0 Å². The molecule has 0 aliphatic heterocycles. The lowest BCUT2D eigenvalue weighted by molar-refractivity contribution is -0.146. The van der Waals surface area contributed by atoms with E-state index in [0.29, 0.717) is 0 Å². The van der Waals surface area contributed by atoms with Crippen LogP contribution in [0.1, 0.15) is 34.6 Å². The predicted molar refractivity (Wildman–Crippen MR) is 58.6 cm³/mol. The molecule has 0 radical (unpaired) electrons. The first-order valence-corrected chi connectivity index (χ1v) is 4.74. The van der Waals surface area contributed by atoms with Gasteiger partial charge in [0, 0.05) is 0 Å². The predicted octanol–water partition coefficient (Wildman–Crippen LogP) is 1.95. The van der Waals surface area contributed by atoms with Crippen molar-refractivity contribution in [3.05, 3.63) is 0 Å². The summed E-state index contributed by atoms with van der Waals surface area (Å²) in [6, 6.07) is 1.96. The summed E-state index contributed by atoms with van der Waals surface area (Å²) in [5.41, 5.74) is -1.17. The number of methoxy groups -OCH3 is 1. The van der Waals surface area contributed by atoms with Crippen molar-refractivity contribution in [2.45, 2.75) is 40.2 Å². The zero-order valence-electron chi connectivity index (χ0n) is 10.2. The van der Waals surface area contributed by atoms with E-state index >= 15 is 0 Å². The van der Waals surface area contributed by atoms with Gasteiger partial charge in [-0.3, -0.25) is 9.79 Å². The van der Waals surface area contributed by atoms with E-state index in [1.807, 2.05) is 26.8 Å². The Morgan fingerprint density at radius 2 is 1.73 bits per heavy atom. The number of hydrogen-bond acceptors (Lipinski definition) is 4. The average Bonchev–Trinajstić information content (AvgIpc) is 2.10. The van der Waals surface area contributed by atoms with Crippen LogP contribution in [0, 0.1) is 16.7 Å². The third-order valence-electron chi connectivity index (χ3n) is 1.84. The SMILES string of the molecule is COC(=O)C(C)(C)C(C#N)=NC(C)(C)C. The summed E-state index contributed by atoms with van der Waals surface area (Å²) in [6.07, 6.45) is 0. The van der Waals surface area contributed by atoms with Crippen molar-refractivity contribution < 1.29 is 9.53 Å². The van der Waals surface area contributed by atoms with Gasteiger partial charge in [-0.2, -0.15) is 5.26 Å². The van der Waals surface area contributed by atoms with Gasteiger partial charge in [-0.1, -0.05) is 0 Å². The molecule has 0 unspecified atom stereocenters. The van der Waals surface area contributed by atoms with E-state index in [1.165, 1.54) is 7.11 Å². The molecule has 0 aliphatic rings. The quantitative estimate of drug-likeness (QED) is 0.517. The molecule has 0 fully saturated rings. The van der Waals surface area contributed by atoms with Crippen LogP contribution in [0.15, 0.2) is 4.99 Å². The zero-order valence-corrected chi connectivity index (χ0v) is 10.2. The number of nitriles is 1. The molecule has 0 aromatic rings. The Hall–Kier alpha value is -1.37. The molecule has 4 heteroatoms. The largest absolute Gasteiger partial charge is 0.468 e. The van der Waals surface area contributed by atoms with Crippen molar-refractivity contribution in [3.8, 4) is 6.07 Å². The molecule has 0 amide bonds. The summed E-state index contributed by atoms with van der Waals surface area (Å²) in [5, 5.41) is 8.98. The molecule has 0 aliphatic carbocycles. The number of hydrogen-bond donors (Lipinski definition) is 0. The number of carbonyl (C=O) groups is 1. The van der Waals surface area contributed by atoms with E-state index in [4.69, 9.17) is 5.26 Å². The van der Waals surface area contributed by atoms with E-state index in [1.54, 1.807) is 13.8 Å². The van der Waals surface area contributed by atoms with Gasteiger partial charge in [-0.05, 0) is 34.6 Å². The number of ether oxygens (including phenoxy) is 1. The van der Waals surface area contributed by atoms with Gasteiger partial charge in [0.15, 0.2) is 0 Å². The lowest BCUT2D eigenvalue weighted by Crippen LogP contribution is -2.35. The summed E-state index contributed by atoms with van der Waals surface area (Å²) in [4.78, 5) is 15.7. The number of aliphatic imine (C=N–C) groups is 1. The minimum atomic E-state index is -0.989. The fraction of sp³-hybridized carbons (Fsp3) is 0.727. The third kappa shape index (κ3) is 3.70. The summed E-state index contributed by atoms with van der Waals surface area (Å²) in [7, 11) is 1.30. The van der Waals surface area contributed by atoms with Gasteiger partial charge in [-0.15, -0.1) is 0 Å². The molecule has 0 aromatic carbocycles. The maximum absolute atomic E-state index is 11.5. The zero-order chi connectivity index (χ0) is 12.3. The molecule has 0 N–H and O–H groups in total. The highest BCUT2D eigenvalue weighted by Gasteiger charge is 2.36. The van der Waals surface area contributed by atoms with Crippen molar-refractivity contribution in [1.29, 1.82) is 5.26 Å². The second kappa shape index (κ2) is 4.43. The second-order valence-electron chi connectivity index (χ2n) is 4.86. The highest BCUT2D eigenvalue weighted by molar-refractivity contribution is 6.14. The molecule has 0 rings (SSSR count). The second-order valence-corrected chi connectivity index (χ2v) is 4.86. The molecule has 84 valence electrons. The van der Waals surface area contributed by atoms with Gasteiger partial charge in [0.1, 0.15) is 17.2 Å². The average molecular weight is 210 g/mol. The Balaban J connectivity index is 5.26. The first kappa shape index (κ1) is 13.6. The van der Waals surface area contributed by atoms with Crippen molar-refractivity contribution in [1.82, 2.24) is 0 Å². The van der Waals surface area contributed by atoms with E-state index in [0.717, 1.165) is 0 Å². The lowest BCUT2D eigenvalue weighted by Gasteiger charge is -2.22. The summed E-state index contributed by atoms with van der Waals surface area (Å²) < 4.78 is 4.64. The van der Waals surface area contributed by atoms with Crippen LogP contribution in [0.5, 0.6) is 0 Å². The summed E-state index contributed by atoms with van der Waals surface area (Å²) in [6.45, 7) is 8.88. The lowest BCUT2D eigenvalue weighted by atomic mass is 9.87. The Labute approximate surface area is 91.0 Å². The van der Waals surface area contributed by atoms with E-state index in [2.05, 4.69) is 9.73 Å². The van der Waals surface area contributed by atoms with Crippen LogP contribution in [0.25, 0.3) is 0 Å². The molecular formula is C11H18N2O2. The minimum absolute atomic E-state index is 0.196. The number of rotatable bonds is 2. The Bertz CT molecular complexity index is 316. The molecule has 0 heterocycles. The highest BCUT2D eigenvalue weighted by atomic mass is 16.5. The highest BCUT2D eigenvalue weighted by Crippen LogP contribution is 2.22. The maximum Gasteiger partial charge on any atom is 0.318 e. The maximum atomic E-state index is 11.5. The molecule has 0 spiro atoms. The number of esters is 1. The smallest absolute Gasteiger partial charge is 0.318 e. The van der Waals surface area contributed by atoms with Crippen LogP contribution < -0.4 is 0 Å². The van der Waals surface area contributed by atoms with Gasteiger partial charge in [0.2, 0.25) is 0 Å². The number of nitrogens with zero attached hydrogens (tertiary/aromatic N) is 2. The van der Waals surface area contributed by atoms with Crippen LogP contribution >= 0.6 is 0 Å². The van der Waals surface area contributed by atoms with Crippen molar-refractivity contribution in [3.63, 3.8) is 0 Å².